The molecule has 5 rings (SSSR count). The van der Waals surface area contributed by atoms with E-state index in [0.717, 1.165) is 43.2 Å². The molecular weight excluding hydrogens is 666 g/mol. The predicted molar refractivity (Wildman–Crippen MR) is 192 cm³/mol. The number of hydrogen-bond donors (Lipinski definition) is 2. The second-order valence-electron chi connectivity index (χ2n) is 14.4. The zero-order valence-electron chi connectivity index (χ0n) is 29.3. The molecule has 12 heteroatoms. The Labute approximate surface area is 296 Å². The van der Waals surface area contributed by atoms with Gasteiger partial charge in [0, 0.05) is 44.4 Å². The molecule has 2 bridgehead atoms. The summed E-state index contributed by atoms with van der Waals surface area (Å²) in [4.78, 5) is 30.8. The van der Waals surface area contributed by atoms with E-state index in [2.05, 4.69) is 9.62 Å². The lowest BCUT2D eigenvalue weighted by Gasteiger charge is -2.49. The molecule has 2 aromatic carbocycles. The van der Waals surface area contributed by atoms with E-state index in [0.29, 0.717) is 68.6 Å². The minimum absolute atomic E-state index is 0.00264. The lowest BCUT2D eigenvalue weighted by molar-refractivity contribution is -0.145. The van der Waals surface area contributed by atoms with Gasteiger partial charge in [0.15, 0.2) is 0 Å². The maximum atomic E-state index is 13.5. The number of amides is 2. The van der Waals surface area contributed by atoms with Crippen molar-refractivity contribution in [3.63, 3.8) is 0 Å². The summed E-state index contributed by atoms with van der Waals surface area (Å²) in [5.74, 6) is -0.504. The number of carbonyl (C=O) groups excluding carboxylic acids is 2. The van der Waals surface area contributed by atoms with Gasteiger partial charge in [-0.1, -0.05) is 31.0 Å². The van der Waals surface area contributed by atoms with Gasteiger partial charge in [-0.05, 0) is 111 Å². The molecule has 5 atom stereocenters. The molecule has 2 aliphatic heterocycles. The van der Waals surface area contributed by atoms with Gasteiger partial charge in [-0.25, -0.2) is 13.1 Å². The lowest BCUT2D eigenvalue weighted by atomic mass is 9.62. The number of nitrogens with one attached hydrogen (secondary N) is 1. The standard InChI is InChI=1S/C37H52ClN3O7S/c1-25-8-7-16-37(44,22-35(42)40(3)18-19-47-4)32-14-11-29(32)23-41-17-6-5-9-27-20-31(38)13-10-30(27)24-48-34-15-12-28(21-33(34)41)36(43)39-49(45,46)26(25)2/h10,12-13,15,20-21,25-26,29,32,44H,5-9,11,14,16-19,22-24H2,1-4H3,(H,39,43)/t25?,26-,29+,32-,37+/m1/s1. The van der Waals surface area contributed by atoms with Gasteiger partial charge in [-0.15, -0.1) is 0 Å². The number of aryl methyl sites for hydroxylation is 1. The fraction of sp³-hybridized carbons (Fsp3) is 0.622. The Kier molecular flexibility index (Phi) is 12.2. The minimum Gasteiger partial charge on any atom is -0.487 e. The normalized spacial score (nSPS) is 27.6. The highest BCUT2D eigenvalue weighted by molar-refractivity contribution is 7.90. The highest BCUT2D eigenvalue weighted by Crippen LogP contribution is 2.47. The van der Waals surface area contributed by atoms with Gasteiger partial charge in [0.1, 0.15) is 12.4 Å². The Hall–Kier alpha value is -2.86. The number of carbonyl (C=O) groups is 2. The van der Waals surface area contributed by atoms with E-state index in [1.54, 1.807) is 44.2 Å². The third-order valence-corrected chi connectivity index (χ3v) is 13.3. The number of likely N-dealkylation sites (N-methyl/N-ethyl adjacent to an activating group) is 1. The molecule has 3 aliphatic rings. The molecule has 2 heterocycles. The summed E-state index contributed by atoms with van der Waals surface area (Å²) in [7, 11) is -0.675. The average Bonchev–Trinajstić information content (AvgIpc) is 3.07. The highest BCUT2D eigenvalue weighted by atomic mass is 35.5. The molecule has 1 unspecified atom stereocenters. The van der Waals surface area contributed by atoms with Crippen molar-refractivity contribution in [3.05, 3.63) is 58.1 Å². The van der Waals surface area contributed by atoms with Gasteiger partial charge in [0.05, 0.1) is 29.6 Å². The summed E-state index contributed by atoms with van der Waals surface area (Å²) in [5, 5.41) is 12.2. The van der Waals surface area contributed by atoms with Crippen LogP contribution < -0.4 is 14.4 Å². The van der Waals surface area contributed by atoms with Crippen molar-refractivity contribution in [2.75, 3.05) is 45.3 Å². The Bertz CT molecular complexity index is 1600. The number of sulfonamides is 1. The van der Waals surface area contributed by atoms with E-state index in [4.69, 9.17) is 21.1 Å². The first-order valence-electron chi connectivity index (χ1n) is 17.6. The number of hydrogen-bond acceptors (Lipinski definition) is 8. The number of nitrogens with zero attached hydrogens (tertiary/aromatic N) is 2. The van der Waals surface area contributed by atoms with Crippen LogP contribution >= 0.6 is 11.6 Å². The highest BCUT2D eigenvalue weighted by Gasteiger charge is 2.48. The minimum atomic E-state index is -4.00. The van der Waals surface area contributed by atoms with Gasteiger partial charge >= 0.3 is 0 Å². The summed E-state index contributed by atoms with van der Waals surface area (Å²) >= 11 is 6.35. The summed E-state index contributed by atoms with van der Waals surface area (Å²) in [6, 6.07) is 10.9. The summed E-state index contributed by atoms with van der Waals surface area (Å²) in [6.45, 7) is 5.89. The van der Waals surface area contributed by atoms with Crippen LogP contribution in [-0.2, 0) is 32.6 Å². The quantitative estimate of drug-likeness (QED) is 0.411. The molecule has 10 nitrogen and oxygen atoms in total. The van der Waals surface area contributed by atoms with Crippen molar-refractivity contribution in [1.82, 2.24) is 9.62 Å². The van der Waals surface area contributed by atoms with Gasteiger partial charge in [0.2, 0.25) is 15.9 Å². The summed E-state index contributed by atoms with van der Waals surface area (Å²) in [5.41, 5.74) is 1.88. The Morgan fingerprint density at radius 3 is 2.65 bits per heavy atom. The first-order chi connectivity index (χ1) is 23.3. The number of methoxy groups -OCH3 is 1. The lowest BCUT2D eigenvalue weighted by Crippen LogP contribution is -2.53. The van der Waals surface area contributed by atoms with E-state index >= 15 is 0 Å². The molecule has 0 radical (unpaired) electrons. The van der Waals surface area contributed by atoms with Gasteiger partial charge in [0.25, 0.3) is 5.91 Å². The zero-order valence-corrected chi connectivity index (χ0v) is 30.8. The average molecular weight is 718 g/mol. The van der Waals surface area contributed by atoms with Crippen molar-refractivity contribution >= 4 is 39.1 Å². The van der Waals surface area contributed by atoms with Crippen molar-refractivity contribution in [1.29, 1.82) is 0 Å². The fourth-order valence-corrected chi connectivity index (χ4v) is 9.07. The Morgan fingerprint density at radius 1 is 1.12 bits per heavy atom. The van der Waals surface area contributed by atoms with Crippen molar-refractivity contribution < 1.29 is 32.6 Å². The molecule has 1 aliphatic carbocycles. The van der Waals surface area contributed by atoms with Crippen LogP contribution in [0, 0.1) is 17.8 Å². The van der Waals surface area contributed by atoms with E-state index in [9.17, 15) is 23.1 Å². The molecule has 2 aromatic rings. The molecule has 0 spiro atoms. The number of ether oxygens (including phenoxy) is 2. The monoisotopic (exact) mass is 717 g/mol. The molecular formula is C37H52ClN3O7S. The molecule has 1 saturated carbocycles. The third kappa shape index (κ3) is 8.90. The second-order valence-corrected chi connectivity index (χ2v) is 16.8. The molecule has 0 aromatic heterocycles. The predicted octanol–water partition coefficient (Wildman–Crippen LogP) is 5.58. The van der Waals surface area contributed by atoms with E-state index in [1.165, 1.54) is 0 Å². The maximum absolute atomic E-state index is 13.5. The molecule has 0 saturated heterocycles. The smallest absolute Gasteiger partial charge is 0.264 e. The largest absolute Gasteiger partial charge is 0.487 e. The van der Waals surface area contributed by atoms with Crippen molar-refractivity contribution in [2.45, 2.75) is 89.1 Å². The summed E-state index contributed by atoms with van der Waals surface area (Å²) < 4.78 is 40.8. The number of rotatable bonds is 5. The van der Waals surface area contributed by atoms with E-state index in [1.807, 2.05) is 25.1 Å². The van der Waals surface area contributed by atoms with Crippen LogP contribution in [0.3, 0.4) is 0 Å². The van der Waals surface area contributed by atoms with Gasteiger partial charge in [-0.3, -0.25) is 9.59 Å². The topological polar surface area (TPSA) is 125 Å². The SMILES string of the molecule is COCCN(C)C(=O)C[C@@]1(O)CCCC(C)[C@@H](C)S(=O)(=O)NC(=O)c2ccc3c(c2)N(CCCCc2cc(Cl)ccc2CO3)C[C@@H]2CC[C@H]21. The van der Waals surface area contributed by atoms with Crippen LogP contribution in [0.15, 0.2) is 36.4 Å². The number of benzene rings is 2. The molecule has 1 fully saturated rings. The van der Waals surface area contributed by atoms with Gasteiger partial charge in [-0.2, -0.15) is 0 Å². The Balaban J connectivity index is 1.53. The van der Waals surface area contributed by atoms with Crippen LogP contribution in [0.5, 0.6) is 5.75 Å². The third-order valence-electron chi connectivity index (χ3n) is 11.1. The van der Waals surface area contributed by atoms with Crippen LogP contribution in [-0.4, -0.2) is 81.5 Å². The molecule has 2 N–H and O–H groups in total. The molecule has 270 valence electrons. The van der Waals surface area contributed by atoms with Crippen LogP contribution in [0.2, 0.25) is 5.02 Å². The van der Waals surface area contributed by atoms with Crippen molar-refractivity contribution in [2.24, 2.45) is 17.8 Å². The molecule has 2 amide bonds. The maximum Gasteiger partial charge on any atom is 0.264 e. The zero-order chi connectivity index (χ0) is 35.3. The van der Waals surface area contributed by atoms with Crippen LogP contribution in [0.4, 0.5) is 5.69 Å². The number of anilines is 1. The second kappa shape index (κ2) is 16.0. The van der Waals surface area contributed by atoms with Crippen molar-refractivity contribution in [3.8, 4) is 5.75 Å². The first kappa shape index (κ1) is 37.4. The summed E-state index contributed by atoms with van der Waals surface area (Å²) in [6.07, 6.45) is 5.77. The molecule has 49 heavy (non-hydrogen) atoms. The number of fused-ring (bicyclic) bond motifs is 3. The van der Waals surface area contributed by atoms with E-state index < -0.39 is 26.8 Å². The number of aliphatic hydroxyl groups is 1. The fourth-order valence-electron chi connectivity index (χ4n) is 7.56. The van der Waals surface area contributed by atoms with Crippen LogP contribution in [0.1, 0.15) is 86.7 Å². The Morgan fingerprint density at radius 2 is 1.92 bits per heavy atom. The first-order valence-corrected chi connectivity index (χ1v) is 19.5. The van der Waals surface area contributed by atoms with Crippen LogP contribution in [0.25, 0.3) is 0 Å². The number of halogens is 1. The van der Waals surface area contributed by atoms with E-state index in [-0.39, 0.29) is 35.6 Å². The van der Waals surface area contributed by atoms with Gasteiger partial charge < -0.3 is 24.4 Å².